The molecule has 2 bridgehead atoms. The summed E-state index contributed by atoms with van der Waals surface area (Å²) in [4.78, 5) is 22.6. The Hall–Kier alpha value is -0.860. The lowest BCUT2D eigenvalue weighted by atomic mass is 9.81. The van der Waals surface area contributed by atoms with Crippen LogP contribution in [-0.2, 0) is 9.59 Å². The highest BCUT2D eigenvalue weighted by Crippen LogP contribution is 2.54. The first kappa shape index (κ1) is 6.63. The van der Waals surface area contributed by atoms with E-state index in [-0.39, 0.29) is 23.7 Å². The second-order valence-corrected chi connectivity index (χ2v) is 4.24. The summed E-state index contributed by atoms with van der Waals surface area (Å²) in [5, 5.41) is 2.44. The van der Waals surface area contributed by atoms with Crippen molar-refractivity contribution in [1.29, 1.82) is 0 Å². The molecule has 3 rings (SSSR count). The van der Waals surface area contributed by atoms with Crippen LogP contribution < -0.4 is 5.32 Å². The molecule has 1 N–H and O–H groups in total. The van der Waals surface area contributed by atoms with E-state index in [1.54, 1.807) is 0 Å². The Kier molecular flexibility index (Phi) is 1.05. The van der Waals surface area contributed by atoms with E-state index in [0.29, 0.717) is 11.8 Å². The maximum absolute atomic E-state index is 11.3. The van der Waals surface area contributed by atoms with Crippen LogP contribution in [0.1, 0.15) is 19.3 Å². The molecular weight excluding hydrogens is 154 g/mol. The van der Waals surface area contributed by atoms with Gasteiger partial charge < -0.3 is 0 Å². The van der Waals surface area contributed by atoms with E-state index in [4.69, 9.17) is 0 Å². The molecule has 0 aromatic rings. The lowest BCUT2D eigenvalue weighted by Gasteiger charge is -2.19. The fourth-order valence-electron chi connectivity index (χ4n) is 3.33. The molecule has 0 aromatic heterocycles. The normalized spacial score (nSPS) is 49.7. The van der Waals surface area contributed by atoms with Crippen LogP contribution in [0.15, 0.2) is 0 Å². The maximum Gasteiger partial charge on any atom is 0.230 e. The summed E-state index contributed by atoms with van der Waals surface area (Å²) in [5.74, 6) is 1.14. The minimum Gasteiger partial charge on any atom is -0.296 e. The minimum atomic E-state index is -0.00259. The van der Waals surface area contributed by atoms with E-state index >= 15 is 0 Å². The number of fused-ring (bicyclic) bond motifs is 5. The molecule has 0 spiro atoms. The molecule has 3 aliphatic rings. The molecule has 0 unspecified atom stereocenters. The van der Waals surface area contributed by atoms with Gasteiger partial charge in [-0.2, -0.15) is 0 Å². The lowest BCUT2D eigenvalue weighted by Crippen LogP contribution is -2.24. The minimum absolute atomic E-state index is 0.00259. The van der Waals surface area contributed by atoms with Crippen LogP contribution in [0.5, 0.6) is 0 Å². The van der Waals surface area contributed by atoms with Crippen molar-refractivity contribution in [2.24, 2.45) is 23.7 Å². The highest BCUT2D eigenvalue weighted by molar-refractivity contribution is 6.05. The average molecular weight is 165 g/mol. The second kappa shape index (κ2) is 1.90. The van der Waals surface area contributed by atoms with E-state index in [9.17, 15) is 9.59 Å². The molecule has 1 heterocycles. The first-order valence-corrected chi connectivity index (χ1v) is 4.62. The highest BCUT2D eigenvalue weighted by Gasteiger charge is 2.57. The van der Waals surface area contributed by atoms with Gasteiger partial charge in [-0.3, -0.25) is 14.9 Å². The van der Waals surface area contributed by atoms with Crippen molar-refractivity contribution in [3.05, 3.63) is 0 Å². The number of hydrogen-bond acceptors (Lipinski definition) is 2. The van der Waals surface area contributed by atoms with Gasteiger partial charge in [0.05, 0.1) is 11.8 Å². The maximum atomic E-state index is 11.3. The summed E-state index contributed by atoms with van der Waals surface area (Å²) in [6.45, 7) is 0. The second-order valence-electron chi connectivity index (χ2n) is 4.24. The summed E-state index contributed by atoms with van der Waals surface area (Å²) in [7, 11) is 0. The zero-order valence-electron chi connectivity index (χ0n) is 6.75. The Balaban J connectivity index is 2.03. The van der Waals surface area contributed by atoms with E-state index in [1.807, 2.05) is 0 Å². The molecular formula is C9H11NO2. The predicted molar refractivity (Wildman–Crippen MR) is 41.0 cm³/mol. The quantitative estimate of drug-likeness (QED) is 0.525. The Morgan fingerprint density at radius 2 is 1.50 bits per heavy atom. The van der Waals surface area contributed by atoms with E-state index in [0.717, 1.165) is 19.3 Å². The molecule has 0 aromatic carbocycles. The van der Waals surface area contributed by atoms with E-state index in [1.165, 1.54) is 0 Å². The Bertz CT molecular complexity index is 248. The molecule has 64 valence electrons. The van der Waals surface area contributed by atoms with Gasteiger partial charge in [-0.05, 0) is 31.1 Å². The molecule has 0 radical (unpaired) electrons. The van der Waals surface area contributed by atoms with Gasteiger partial charge in [0.15, 0.2) is 0 Å². The van der Waals surface area contributed by atoms with Crippen molar-refractivity contribution in [2.45, 2.75) is 19.3 Å². The van der Waals surface area contributed by atoms with Crippen molar-refractivity contribution in [1.82, 2.24) is 5.32 Å². The smallest absolute Gasteiger partial charge is 0.230 e. The van der Waals surface area contributed by atoms with Crippen molar-refractivity contribution < 1.29 is 9.59 Å². The number of amides is 2. The number of nitrogens with one attached hydrogen (secondary N) is 1. The Morgan fingerprint density at radius 1 is 1.00 bits per heavy atom. The SMILES string of the molecule is O=C1NC(=O)[C@@H]2[C@@H]3CC[C@H](C3)[C@@H]12. The van der Waals surface area contributed by atoms with Crippen LogP contribution in [-0.4, -0.2) is 11.8 Å². The Morgan fingerprint density at radius 3 is 2.00 bits per heavy atom. The molecule has 2 amide bonds. The molecule has 1 saturated heterocycles. The van der Waals surface area contributed by atoms with Gasteiger partial charge in [0.1, 0.15) is 0 Å². The molecule has 3 heteroatoms. The third-order valence-corrected chi connectivity index (χ3v) is 3.77. The van der Waals surface area contributed by atoms with Gasteiger partial charge in [0.25, 0.3) is 0 Å². The average Bonchev–Trinajstić information content (AvgIpc) is 2.64. The third-order valence-electron chi connectivity index (χ3n) is 3.77. The van der Waals surface area contributed by atoms with Crippen LogP contribution in [0.3, 0.4) is 0 Å². The van der Waals surface area contributed by atoms with Crippen molar-refractivity contribution in [3.8, 4) is 0 Å². The Labute approximate surface area is 70.5 Å². The van der Waals surface area contributed by atoms with Gasteiger partial charge in [-0.1, -0.05) is 0 Å². The molecule has 3 fully saturated rings. The molecule has 3 nitrogen and oxygen atoms in total. The standard InChI is InChI=1S/C9H11NO2/c11-8-6-4-1-2-5(3-4)7(6)9(12)10-8/h4-7H,1-3H2,(H,10,11,12)/t4-,5-,6-,7-/m1/s1. The number of rotatable bonds is 0. The van der Waals surface area contributed by atoms with Crippen LogP contribution in [0.4, 0.5) is 0 Å². The van der Waals surface area contributed by atoms with Gasteiger partial charge >= 0.3 is 0 Å². The molecule has 12 heavy (non-hydrogen) atoms. The summed E-state index contributed by atoms with van der Waals surface area (Å²) in [5.41, 5.74) is 0. The zero-order valence-corrected chi connectivity index (χ0v) is 6.75. The van der Waals surface area contributed by atoms with Crippen molar-refractivity contribution >= 4 is 11.8 Å². The van der Waals surface area contributed by atoms with Crippen LogP contribution in [0.25, 0.3) is 0 Å². The van der Waals surface area contributed by atoms with Crippen molar-refractivity contribution in [3.63, 3.8) is 0 Å². The molecule has 4 atom stereocenters. The molecule has 2 saturated carbocycles. The van der Waals surface area contributed by atoms with Crippen molar-refractivity contribution in [2.75, 3.05) is 0 Å². The zero-order chi connectivity index (χ0) is 8.29. The topological polar surface area (TPSA) is 46.2 Å². The van der Waals surface area contributed by atoms with Crippen LogP contribution >= 0.6 is 0 Å². The first-order chi connectivity index (χ1) is 5.77. The fraction of sp³-hybridized carbons (Fsp3) is 0.778. The van der Waals surface area contributed by atoms with E-state index < -0.39 is 0 Å². The number of carbonyl (C=O) groups is 2. The van der Waals surface area contributed by atoms with Gasteiger partial charge in [0.2, 0.25) is 11.8 Å². The number of carbonyl (C=O) groups excluding carboxylic acids is 2. The largest absolute Gasteiger partial charge is 0.296 e. The van der Waals surface area contributed by atoms with E-state index in [2.05, 4.69) is 5.32 Å². The fourth-order valence-corrected chi connectivity index (χ4v) is 3.33. The van der Waals surface area contributed by atoms with Gasteiger partial charge in [-0.25, -0.2) is 0 Å². The monoisotopic (exact) mass is 165 g/mol. The number of imide groups is 1. The van der Waals surface area contributed by atoms with Gasteiger partial charge in [-0.15, -0.1) is 0 Å². The summed E-state index contributed by atoms with van der Waals surface area (Å²) < 4.78 is 0. The lowest BCUT2D eigenvalue weighted by molar-refractivity contribution is -0.126. The predicted octanol–water partition coefficient (Wildman–Crippen LogP) is 0.305. The molecule has 2 aliphatic carbocycles. The highest BCUT2D eigenvalue weighted by atomic mass is 16.2. The summed E-state index contributed by atoms with van der Waals surface area (Å²) in [6.07, 6.45) is 3.44. The van der Waals surface area contributed by atoms with Gasteiger partial charge in [0, 0.05) is 0 Å². The summed E-state index contributed by atoms with van der Waals surface area (Å²) in [6, 6.07) is 0. The third kappa shape index (κ3) is 0.586. The summed E-state index contributed by atoms with van der Waals surface area (Å²) >= 11 is 0. The number of hydrogen-bond donors (Lipinski definition) is 1. The first-order valence-electron chi connectivity index (χ1n) is 4.62. The molecule has 1 aliphatic heterocycles. The van der Waals surface area contributed by atoms with Crippen LogP contribution in [0.2, 0.25) is 0 Å². The van der Waals surface area contributed by atoms with Crippen LogP contribution in [0, 0.1) is 23.7 Å².